The number of ether oxygens (including phenoxy) is 1. The highest BCUT2D eigenvalue weighted by atomic mass is 16.5. The summed E-state index contributed by atoms with van der Waals surface area (Å²) in [4.78, 5) is 12.3. The van der Waals surface area contributed by atoms with E-state index in [0.29, 0.717) is 13.1 Å². The molecule has 0 spiro atoms. The number of aromatic nitrogens is 2. The Morgan fingerprint density at radius 1 is 1.30 bits per heavy atom. The molecule has 0 aliphatic heterocycles. The van der Waals surface area contributed by atoms with Gasteiger partial charge >= 0.3 is 0 Å². The second kappa shape index (κ2) is 7.92. The third kappa shape index (κ3) is 3.99. The zero-order valence-corrected chi connectivity index (χ0v) is 14.3. The van der Waals surface area contributed by atoms with Gasteiger partial charge in [-0.15, -0.1) is 0 Å². The highest BCUT2D eigenvalue weighted by molar-refractivity contribution is 5.82. The summed E-state index contributed by atoms with van der Waals surface area (Å²) in [5.74, 6) is -0.129. The molecule has 0 saturated carbocycles. The molecule has 0 fully saturated rings. The normalized spacial score (nSPS) is 12.2. The Hall–Kier alpha value is -2.14. The Kier molecular flexibility index (Phi) is 5.93. The van der Waals surface area contributed by atoms with Crippen LogP contribution >= 0.6 is 0 Å². The molecule has 1 amide bonds. The van der Waals surface area contributed by atoms with Crippen LogP contribution in [0.1, 0.15) is 35.5 Å². The van der Waals surface area contributed by atoms with Crippen LogP contribution in [0.25, 0.3) is 0 Å². The van der Waals surface area contributed by atoms with Crippen molar-refractivity contribution in [3.05, 3.63) is 52.8 Å². The number of hydrogen-bond donors (Lipinski definition) is 1. The number of nitrogens with one attached hydrogen (secondary N) is 1. The molecule has 1 aromatic carbocycles. The maximum atomic E-state index is 12.3. The van der Waals surface area contributed by atoms with E-state index in [-0.39, 0.29) is 5.91 Å². The molecular formula is C18H25N3O2. The Labute approximate surface area is 137 Å². The smallest absolute Gasteiger partial charge is 0.253 e. The van der Waals surface area contributed by atoms with Gasteiger partial charge < -0.3 is 10.1 Å². The summed E-state index contributed by atoms with van der Waals surface area (Å²) in [6.07, 6.45) is 0.395. The van der Waals surface area contributed by atoms with Crippen LogP contribution in [0.15, 0.2) is 30.3 Å². The molecule has 5 heteroatoms. The Bertz CT molecular complexity index is 650. The Morgan fingerprint density at radius 2 is 2.00 bits per heavy atom. The molecule has 0 aliphatic carbocycles. The van der Waals surface area contributed by atoms with Crippen molar-refractivity contribution in [3.63, 3.8) is 0 Å². The van der Waals surface area contributed by atoms with Crippen molar-refractivity contribution in [2.45, 2.75) is 39.8 Å². The molecule has 0 radical (unpaired) electrons. The van der Waals surface area contributed by atoms with Crippen LogP contribution in [0.3, 0.4) is 0 Å². The molecule has 1 heterocycles. The molecular weight excluding hydrogens is 290 g/mol. The number of aryl methyl sites for hydroxylation is 1. The van der Waals surface area contributed by atoms with Crippen LogP contribution in [0, 0.1) is 13.8 Å². The third-order valence-electron chi connectivity index (χ3n) is 4.08. The fourth-order valence-electron chi connectivity index (χ4n) is 2.86. The largest absolute Gasteiger partial charge is 0.367 e. The van der Waals surface area contributed by atoms with E-state index < -0.39 is 6.10 Å². The van der Waals surface area contributed by atoms with Crippen molar-refractivity contribution >= 4 is 5.91 Å². The van der Waals surface area contributed by atoms with Crippen LogP contribution in [0.5, 0.6) is 0 Å². The minimum absolute atomic E-state index is 0.129. The molecule has 124 valence electrons. The van der Waals surface area contributed by atoms with Crippen molar-refractivity contribution in [1.29, 1.82) is 0 Å². The van der Waals surface area contributed by atoms with Crippen LogP contribution in [-0.4, -0.2) is 29.3 Å². The van der Waals surface area contributed by atoms with Gasteiger partial charge in [-0.2, -0.15) is 5.10 Å². The minimum atomic E-state index is -0.581. The number of methoxy groups -OCH3 is 1. The predicted octanol–water partition coefficient (Wildman–Crippen LogP) is 2.57. The lowest BCUT2D eigenvalue weighted by Crippen LogP contribution is -2.33. The van der Waals surface area contributed by atoms with Crippen molar-refractivity contribution < 1.29 is 9.53 Å². The van der Waals surface area contributed by atoms with Crippen LogP contribution in [-0.2, 0) is 22.5 Å². The third-order valence-corrected chi connectivity index (χ3v) is 4.08. The van der Waals surface area contributed by atoms with Gasteiger partial charge in [0.05, 0.1) is 12.2 Å². The fraction of sp³-hybridized carbons (Fsp3) is 0.444. The number of rotatable bonds is 7. The van der Waals surface area contributed by atoms with Gasteiger partial charge in [-0.25, -0.2) is 0 Å². The average Bonchev–Trinajstić information content (AvgIpc) is 2.82. The summed E-state index contributed by atoms with van der Waals surface area (Å²) in [5, 5.41) is 7.46. The first kappa shape index (κ1) is 17.2. The fourth-order valence-corrected chi connectivity index (χ4v) is 2.86. The van der Waals surface area contributed by atoms with E-state index in [0.717, 1.165) is 17.7 Å². The zero-order chi connectivity index (χ0) is 16.8. The maximum absolute atomic E-state index is 12.3. The van der Waals surface area contributed by atoms with Gasteiger partial charge in [-0.1, -0.05) is 37.3 Å². The number of hydrogen-bond acceptors (Lipinski definition) is 3. The summed E-state index contributed by atoms with van der Waals surface area (Å²) in [7, 11) is 1.55. The quantitative estimate of drug-likeness (QED) is 0.854. The molecule has 5 nitrogen and oxygen atoms in total. The van der Waals surface area contributed by atoms with Gasteiger partial charge in [0, 0.05) is 19.3 Å². The molecule has 2 rings (SSSR count). The highest BCUT2D eigenvalue weighted by Gasteiger charge is 2.19. The first-order chi connectivity index (χ1) is 11.1. The van der Waals surface area contributed by atoms with E-state index in [2.05, 4.69) is 24.3 Å². The van der Waals surface area contributed by atoms with Crippen molar-refractivity contribution in [2.75, 3.05) is 13.7 Å². The molecule has 0 aliphatic rings. The van der Waals surface area contributed by atoms with E-state index in [1.807, 2.05) is 41.9 Å². The van der Waals surface area contributed by atoms with E-state index in [1.54, 1.807) is 7.11 Å². The van der Waals surface area contributed by atoms with E-state index in [9.17, 15) is 4.79 Å². The minimum Gasteiger partial charge on any atom is -0.367 e. The summed E-state index contributed by atoms with van der Waals surface area (Å²) < 4.78 is 7.29. The van der Waals surface area contributed by atoms with Crippen LogP contribution in [0.2, 0.25) is 0 Å². The summed E-state index contributed by atoms with van der Waals surface area (Å²) in [6.45, 7) is 7.41. The molecule has 2 aromatic rings. The SMILES string of the molecule is CCc1c(C)nn(CCNC(=O)C(OC)c2ccccc2)c1C. The second-order valence-corrected chi connectivity index (χ2v) is 5.54. The molecule has 0 saturated heterocycles. The van der Waals surface area contributed by atoms with E-state index in [1.165, 1.54) is 11.3 Å². The summed E-state index contributed by atoms with van der Waals surface area (Å²) in [6, 6.07) is 9.50. The number of benzene rings is 1. The van der Waals surface area contributed by atoms with Gasteiger partial charge in [0.15, 0.2) is 6.10 Å². The zero-order valence-electron chi connectivity index (χ0n) is 14.3. The molecule has 1 unspecified atom stereocenters. The number of amides is 1. The van der Waals surface area contributed by atoms with Crippen molar-refractivity contribution in [2.24, 2.45) is 0 Å². The summed E-state index contributed by atoms with van der Waals surface area (Å²) in [5.41, 5.74) is 4.38. The van der Waals surface area contributed by atoms with Gasteiger partial charge in [0.25, 0.3) is 5.91 Å². The first-order valence-corrected chi connectivity index (χ1v) is 7.96. The van der Waals surface area contributed by atoms with E-state index >= 15 is 0 Å². The lowest BCUT2D eigenvalue weighted by Gasteiger charge is -2.16. The average molecular weight is 315 g/mol. The lowest BCUT2D eigenvalue weighted by molar-refractivity contribution is -0.131. The van der Waals surface area contributed by atoms with Gasteiger partial charge in [-0.3, -0.25) is 9.48 Å². The number of nitrogens with zero attached hydrogens (tertiary/aromatic N) is 2. The monoisotopic (exact) mass is 315 g/mol. The highest BCUT2D eigenvalue weighted by Crippen LogP contribution is 2.16. The second-order valence-electron chi connectivity index (χ2n) is 5.54. The summed E-state index contributed by atoms with van der Waals surface area (Å²) >= 11 is 0. The van der Waals surface area contributed by atoms with Gasteiger partial charge in [-0.05, 0) is 31.4 Å². The van der Waals surface area contributed by atoms with E-state index in [4.69, 9.17) is 4.74 Å². The first-order valence-electron chi connectivity index (χ1n) is 7.96. The molecule has 1 aromatic heterocycles. The molecule has 1 N–H and O–H groups in total. The lowest BCUT2D eigenvalue weighted by atomic mass is 10.1. The standard InChI is InChI=1S/C18H25N3O2/c1-5-16-13(2)20-21(14(16)3)12-11-19-18(22)17(23-4)15-9-7-6-8-10-15/h6-10,17H,5,11-12H2,1-4H3,(H,19,22). The topological polar surface area (TPSA) is 56.2 Å². The van der Waals surface area contributed by atoms with Crippen LogP contribution in [0.4, 0.5) is 0 Å². The predicted molar refractivity (Wildman–Crippen MR) is 90.3 cm³/mol. The molecule has 23 heavy (non-hydrogen) atoms. The number of carbonyl (C=O) groups excluding carboxylic acids is 1. The van der Waals surface area contributed by atoms with Crippen molar-refractivity contribution in [1.82, 2.24) is 15.1 Å². The Morgan fingerprint density at radius 3 is 2.57 bits per heavy atom. The molecule has 0 bridgehead atoms. The van der Waals surface area contributed by atoms with Crippen LogP contribution < -0.4 is 5.32 Å². The van der Waals surface area contributed by atoms with Crippen molar-refractivity contribution in [3.8, 4) is 0 Å². The Balaban J connectivity index is 1.94. The number of carbonyl (C=O) groups is 1. The van der Waals surface area contributed by atoms with Gasteiger partial charge in [0.2, 0.25) is 0 Å². The van der Waals surface area contributed by atoms with Gasteiger partial charge in [0.1, 0.15) is 0 Å². The molecule has 1 atom stereocenters. The maximum Gasteiger partial charge on any atom is 0.253 e.